The molecular weight excluding hydrogens is 450 g/mol. The summed E-state index contributed by atoms with van der Waals surface area (Å²) < 4.78 is 12.6. The van der Waals surface area contributed by atoms with Gasteiger partial charge >= 0.3 is 0 Å². The van der Waals surface area contributed by atoms with Crippen LogP contribution in [-0.2, 0) is 4.79 Å². The molecule has 2 aromatic carbocycles. The molecule has 1 amide bonds. The van der Waals surface area contributed by atoms with Gasteiger partial charge in [0.2, 0.25) is 5.91 Å². The molecule has 0 N–H and O–H groups in total. The van der Waals surface area contributed by atoms with Crippen LogP contribution in [0.15, 0.2) is 54.7 Å². The Morgan fingerprint density at radius 3 is 2.47 bits per heavy atom. The monoisotopic (exact) mass is 485 g/mol. The quantitative estimate of drug-likeness (QED) is 0.441. The van der Waals surface area contributed by atoms with E-state index in [-0.39, 0.29) is 6.10 Å². The van der Waals surface area contributed by atoms with Crippen molar-refractivity contribution in [3.05, 3.63) is 54.7 Å². The molecule has 6 rings (SSSR count). The summed E-state index contributed by atoms with van der Waals surface area (Å²) in [5, 5.41) is 1.09. The van der Waals surface area contributed by atoms with Gasteiger partial charge in [-0.05, 0) is 74.7 Å². The molecule has 188 valence electrons. The zero-order valence-corrected chi connectivity index (χ0v) is 20.9. The molecular formula is C30H35N3O3. The molecule has 0 bridgehead atoms. The molecule has 1 saturated carbocycles. The Labute approximate surface area is 213 Å². The fraction of sp³-hybridized carbons (Fsp3) is 0.467. The van der Waals surface area contributed by atoms with Crippen LogP contribution in [0.3, 0.4) is 0 Å². The number of fused-ring (bicyclic) bond motifs is 1. The van der Waals surface area contributed by atoms with E-state index in [0.717, 1.165) is 78.8 Å². The van der Waals surface area contributed by atoms with E-state index in [1.54, 1.807) is 0 Å². The average Bonchev–Trinajstić information content (AvgIpc) is 3.64. The minimum Gasteiger partial charge on any atom is -0.492 e. The number of pyridine rings is 1. The Balaban J connectivity index is 1.13. The van der Waals surface area contributed by atoms with E-state index in [1.165, 1.54) is 25.9 Å². The molecule has 6 heteroatoms. The van der Waals surface area contributed by atoms with E-state index in [4.69, 9.17) is 9.47 Å². The maximum atomic E-state index is 12.3. The van der Waals surface area contributed by atoms with Crippen LogP contribution in [0.1, 0.15) is 38.5 Å². The van der Waals surface area contributed by atoms with E-state index in [2.05, 4.69) is 40.2 Å². The number of aromatic nitrogens is 1. The summed E-state index contributed by atoms with van der Waals surface area (Å²) in [6, 6.07) is 16.6. The molecule has 3 aliphatic rings. The number of carbonyl (C=O) groups is 1. The van der Waals surface area contributed by atoms with E-state index in [0.29, 0.717) is 18.4 Å². The van der Waals surface area contributed by atoms with Crippen molar-refractivity contribution in [1.82, 2.24) is 14.8 Å². The predicted octanol–water partition coefficient (Wildman–Crippen LogP) is 5.16. The average molecular weight is 486 g/mol. The fourth-order valence-corrected chi connectivity index (χ4v) is 5.42. The lowest BCUT2D eigenvalue weighted by Gasteiger charge is -2.32. The highest BCUT2D eigenvalue weighted by atomic mass is 16.5. The lowest BCUT2D eigenvalue weighted by atomic mass is 10.0. The summed E-state index contributed by atoms with van der Waals surface area (Å²) in [5.41, 5.74) is 3.12. The Bertz CT molecular complexity index is 1190. The van der Waals surface area contributed by atoms with Gasteiger partial charge in [0.15, 0.2) is 0 Å². The predicted molar refractivity (Wildman–Crippen MR) is 141 cm³/mol. The van der Waals surface area contributed by atoms with E-state index in [1.807, 2.05) is 29.3 Å². The van der Waals surface area contributed by atoms with Crippen molar-refractivity contribution in [3.8, 4) is 22.6 Å². The van der Waals surface area contributed by atoms with Gasteiger partial charge in [-0.3, -0.25) is 14.7 Å². The van der Waals surface area contributed by atoms with Crippen molar-refractivity contribution in [2.45, 2.75) is 44.6 Å². The fourth-order valence-electron chi connectivity index (χ4n) is 5.42. The Kier molecular flexibility index (Phi) is 6.77. The molecule has 1 aliphatic carbocycles. The molecule has 3 aromatic rings. The van der Waals surface area contributed by atoms with Gasteiger partial charge in [0.1, 0.15) is 24.2 Å². The topological polar surface area (TPSA) is 54.9 Å². The number of ether oxygens (including phenoxy) is 2. The number of amides is 1. The van der Waals surface area contributed by atoms with Crippen LogP contribution in [0.5, 0.6) is 11.5 Å². The number of benzene rings is 2. The third kappa shape index (κ3) is 5.34. The molecule has 0 radical (unpaired) electrons. The number of carbonyl (C=O) groups excluding carboxylic acids is 1. The summed E-state index contributed by atoms with van der Waals surface area (Å²) in [4.78, 5) is 21.4. The number of piperidine rings is 1. The standard InChI is InChI=1S/C30H35N3O3/c34-30(23-5-6-23)33-16-11-26(12-17-33)36-25-9-7-22(8-10-25)27-21-28-24(4-3-13-31-28)20-29(27)35-19-18-32-14-1-2-15-32/h3-4,7-10,13,20-21,23,26H,1-2,5-6,11-12,14-19H2. The second-order valence-corrected chi connectivity index (χ2v) is 10.4. The van der Waals surface area contributed by atoms with Gasteiger partial charge in [0.05, 0.1) is 5.52 Å². The molecule has 1 aromatic heterocycles. The van der Waals surface area contributed by atoms with Crippen molar-refractivity contribution in [3.63, 3.8) is 0 Å². The highest BCUT2D eigenvalue weighted by Crippen LogP contribution is 2.35. The molecule has 3 fully saturated rings. The van der Waals surface area contributed by atoms with Crippen LogP contribution < -0.4 is 9.47 Å². The van der Waals surface area contributed by atoms with Gasteiger partial charge in [-0.2, -0.15) is 0 Å². The van der Waals surface area contributed by atoms with Crippen molar-refractivity contribution in [2.75, 3.05) is 39.3 Å². The highest BCUT2D eigenvalue weighted by molar-refractivity contribution is 5.88. The van der Waals surface area contributed by atoms with Crippen LogP contribution in [0.25, 0.3) is 22.0 Å². The SMILES string of the molecule is O=C(C1CC1)N1CCC(Oc2ccc(-c3cc4ncccc4cc3OCCN3CCCC3)cc2)CC1. The highest BCUT2D eigenvalue weighted by Gasteiger charge is 2.35. The Morgan fingerprint density at radius 1 is 0.944 bits per heavy atom. The molecule has 6 nitrogen and oxygen atoms in total. The second kappa shape index (κ2) is 10.5. The van der Waals surface area contributed by atoms with Crippen molar-refractivity contribution in [1.29, 1.82) is 0 Å². The van der Waals surface area contributed by atoms with Gasteiger partial charge in [-0.15, -0.1) is 0 Å². The largest absolute Gasteiger partial charge is 0.492 e. The molecule has 36 heavy (non-hydrogen) atoms. The van der Waals surface area contributed by atoms with Gasteiger partial charge in [0.25, 0.3) is 0 Å². The molecule has 2 aliphatic heterocycles. The lowest BCUT2D eigenvalue weighted by molar-refractivity contribution is -0.134. The summed E-state index contributed by atoms with van der Waals surface area (Å²) in [6.45, 7) is 5.61. The molecule has 0 unspecified atom stereocenters. The Morgan fingerprint density at radius 2 is 1.72 bits per heavy atom. The number of hydrogen-bond donors (Lipinski definition) is 0. The zero-order chi connectivity index (χ0) is 24.3. The number of rotatable bonds is 8. The van der Waals surface area contributed by atoms with Crippen LogP contribution in [-0.4, -0.2) is 66.1 Å². The number of likely N-dealkylation sites (tertiary alicyclic amines) is 2. The smallest absolute Gasteiger partial charge is 0.225 e. The second-order valence-electron chi connectivity index (χ2n) is 10.4. The maximum Gasteiger partial charge on any atom is 0.225 e. The minimum absolute atomic E-state index is 0.161. The van der Waals surface area contributed by atoms with E-state index in [9.17, 15) is 4.79 Å². The summed E-state index contributed by atoms with van der Waals surface area (Å²) >= 11 is 0. The maximum absolute atomic E-state index is 12.3. The van der Waals surface area contributed by atoms with Crippen LogP contribution in [0.4, 0.5) is 0 Å². The van der Waals surface area contributed by atoms with Crippen molar-refractivity contribution >= 4 is 16.8 Å². The van der Waals surface area contributed by atoms with Gasteiger partial charge in [-0.1, -0.05) is 18.2 Å². The summed E-state index contributed by atoms with van der Waals surface area (Å²) in [7, 11) is 0. The van der Waals surface area contributed by atoms with Crippen LogP contribution >= 0.6 is 0 Å². The van der Waals surface area contributed by atoms with Crippen molar-refractivity contribution < 1.29 is 14.3 Å². The van der Waals surface area contributed by atoms with Crippen molar-refractivity contribution in [2.24, 2.45) is 5.92 Å². The van der Waals surface area contributed by atoms with E-state index >= 15 is 0 Å². The first-order valence-electron chi connectivity index (χ1n) is 13.5. The molecule has 0 atom stereocenters. The van der Waals surface area contributed by atoms with Gasteiger partial charge in [-0.25, -0.2) is 0 Å². The Hall–Kier alpha value is -3.12. The van der Waals surface area contributed by atoms with Crippen LogP contribution in [0, 0.1) is 5.92 Å². The van der Waals surface area contributed by atoms with Gasteiger partial charge in [0, 0.05) is 55.5 Å². The lowest BCUT2D eigenvalue weighted by Crippen LogP contribution is -2.42. The normalized spacial score (nSPS) is 19.1. The van der Waals surface area contributed by atoms with E-state index < -0.39 is 0 Å². The first-order valence-corrected chi connectivity index (χ1v) is 13.5. The van der Waals surface area contributed by atoms with Gasteiger partial charge < -0.3 is 14.4 Å². The first-order chi connectivity index (χ1) is 17.7. The van der Waals surface area contributed by atoms with Crippen LogP contribution in [0.2, 0.25) is 0 Å². The number of nitrogens with zero attached hydrogens (tertiary/aromatic N) is 3. The minimum atomic E-state index is 0.161. The molecule has 3 heterocycles. The first kappa shape index (κ1) is 23.3. The molecule has 0 spiro atoms. The zero-order valence-electron chi connectivity index (χ0n) is 20.9. The summed E-state index contributed by atoms with van der Waals surface area (Å²) in [6.07, 6.45) is 8.50. The molecule has 2 saturated heterocycles. The third-order valence-electron chi connectivity index (χ3n) is 7.72. The third-order valence-corrected chi connectivity index (χ3v) is 7.72. The number of hydrogen-bond acceptors (Lipinski definition) is 5. The summed E-state index contributed by atoms with van der Waals surface area (Å²) in [5.74, 6) is 2.42.